The lowest BCUT2D eigenvalue weighted by molar-refractivity contribution is -0.124. The van der Waals surface area contributed by atoms with Crippen molar-refractivity contribution in [2.24, 2.45) is 0 Å². The number of amides is 2. The van der Waals surface area contributed by atoms with Crippen molar-refractivity contribution in [3.8, 4) is 0 Å². The molecule has 98 valence electrons. The van der Waals surface area contributed by atoms with Gasteiger partial charge in [0.25, 0.3) is 0 Å². The van der Waals surface area contributed by atoms with Crippen LogP contribution in [0.15, 0.2) is 18.2 Å². The molecule has 0 radical (unpaired) electrons. The van der Waals surface area contributed by atoms with Crippen molar-refractivity contribution in [3.63, 3.8) is 0 Å². The van der Waals surface area contributed by atoms with Gasteiger partial charge in [0.2, 0.25) is 11.8 Å². The van der Waals surface area contributed by atoms with Crippen LogP contribution in [0.25, 0.3) is 6.08 Å². The van der Waals surface area contributed by atoms with Gasteiger partial charge in [-0.25, -0.2) is 0 Å². The molecule has 1 rings (SSSR count). The number of hydrogen-bond donors (Lipinski definition) is 2. The van der Waals surface area contributed by atoms with Gasteiger partial charge in [0.05, 0.1) is 6.54 Å². The number of aryl methyl sites for hydroxylation is 1. The van der Waals surface area contributed by atoms with Crippen LogP contribution in [-0.2, 0) is 9.59 Å². The molecule has 4 nitrogen and oxygen atoms in total. The zero-order valence-electron chi connectivity index (χ0n) is 10.8. The Morgan fingerprint density at radius 2 is 2.11 bits per heavy atom. The Morgan fingerprint density at radius 1 is 1.39 bits per heavy atom. The molecule has 0 bridgehead atoms. The summed E-state index contributed by atoms with van der Waals surface area (Å²) in [5.74, 6) is -0.446. The normalized spacial score (nSPS) is 10.9. The molecule has 18 heavy (non-hydrogen) atoms. The summed E-state index contributed by atoms with van der Waals surface area (Å²) in [4.78, 5) is 25.0. The van der Waals surface area contributed by atoms with Crippen molar-refractivity contribution in [3.05, 3.63) is 28.0 Å². The first kappa shape index (κ1) is 14.4. The molecule has 0 saturated heterocycles. The Labute approximate surface area is 111 Å². The van der Waals surface area contributed by atoms with Gasteiger partial charge in [-0.1, -0.05) is 0 Å². The molecule has 2 N–H and O–H groups in total. The minimum absolute atomic E-state index is 0.00478. The van der Waals surface area contributed by atoms with E-state index in [-0.39, 0.29) is 24.4 Å². The van der Waals surface area contributed by atoms with E-state index >= 15 is 0 Å². The van der Waals surface area contributed by atoms with Crippen LogP contribution in [-0.4, -0.2) is 24.4 Å². The first-order chi connectivity index (χ1) is 8.47. The molecule has 0 aliphatic rings. The maximum atomic E-state index is 11.4. The molecule has 0 aliphatic carbocycles. The van der Waals surface area contributed by atoms with Crippen LogP contribution in [0, 0.1) is 6.92 Å². The minimum atomic E-state index is -0.264. The fraction of sp³-hybridized carbons (Fsp3) is 0.385. The molecule has 0 aliphatic heterocycles. The second-order valence-electron chi connectivity index (χ2n) is 4.22. The number of hydrogen-bond acceptors (Lipinski definition) is 3. The molecular weight excluding hydrogens is 248 g/mol. The van der Waals surface area contributed by atoms with Gasteiger partial charge in [0.15, 0.2) is 0 Å². The van der Waals surface area contributed by atoms with Crippen LogP contribution in [0.5, 0.6) is 0 Å². The second kappa shape index (κ2) is 6.96. The predicted octanol–water partition coefficient (Wildman–Crippen LogP) is 1.71. The summed E-state index contributed by atoms with van der Waals surface area (Å²) in [6, 6.07) is 4.03. The highest BCUT2D eigenvalue weighted by Crippen LogP contribution is 2.16. The standard InChI is InChI=1S/C13H18N2O2S/c1-9(2)15-13(17)8-14-12(16)7-6-11-5-4-10(3)18-11/h4-7,9H,8H2,1-3H3,(H,14,16)(H,15,17)/b7-6+. The maximum absolute atomic E-state index is 11.4. The van der Waals surface area contributed by atoms with Crippen molar-refractivity contribution < 1.29 is 9.59 Å². The van der Waals surface area contributed by atoms with E-state index in [0.29, 0.717) is 0 Å². The lowest BCUT2D eigenvalue weighted by Crippen LogP contribution is -2.39. The summed E-state index contributed by atoms with van der Waals surface area (Å²) >= 11 is 1.62. The van der Waals surface area contributed by atoms with Gasteiger partial charge in [-0.05, 0) is 39.0 Å². The van der Waals surface area contributed by atoms with Gasteiger partial charge in [-0.15, -0.1) is 11.3 Å². The summed E-state index contributed by atoms with van der Waals surface area (Å²) < 4.78 is 0. The highest BCUT2D eigenvalue weighted by atomic mass is 32.1. The summed E-state index contributed by atoms with van der Waals surface area (Å²) in [5.41, 5.74) is 0. The van der Waals surface area contributed by atoms with E-state index in [9.17, 15) is 9.59 Å². The Hall–Kier alpha value is -1.62. The molecule has 2 amide bonds. The van der Waals surface area contributed by atoms with Crippen molar-refractivity contribution in [2.45, 2.75) is 26.8 Å². The Morgan fingerprint density at radius 3 is 2.67 bits per heavy atom. The number of rotatable bonds is 5. The Bertz CT molecular complexity index is 450. The molecule has 1 heterocycles. The van der Waals surface area contributed by atoms with Gasteiger partial charge in [0, 0.05) is 21.9 Å². The van der Waals surface area contributed by atoms with E-state index in [1.54, 1.807) is 17.4 Å². The lowest BCUT2D eigenvalue weighted by Gasteiger charge is -2.07. The summed E-state index contributed by atoms with van der Waals surface area (Å²) in [7, 11) is 0. The zero-order chi connectivity index (χ0) is 13.5. The number of thiophene rings is 1. The Balaban J connectivity index is 2.33. The van der Waals surface area contributed by atoms with Crippen molar-refractivity contribution in [2.75, 3.05) is 6.54 Å². The van der Waals surface area contributed by atoms with Gasteiger partial charge in [0.1, 0.15) is 0 Å². The van der Waals surface area contributed by atoms with E-state index in [1.165, 1.54) is 11.0 Å². The maximum Gasteiger partial charge on any atom is 0.244 e. The number of carbonyl (C=O) groups is 2. The van der Waals surface area contributed by atoms with Crippen LogP contribution in [0.1, 0.15) is 23.6 Å². The van der Waals surface area contributed by atoms with Crippen LogP contribution in [0.3, 0.4) is 0 Å². The van der Waals surface area contributed by atoms with E-state index in [2.05, 4.69) is 10.6 Å². The topological polar surface area (TPSA) is 58.2 Å². The summed E-state index contributed by atoms with van der Waals surface area (Å²) in [5, 5.41) is 5.23. The van der Waals surface area contributed by atoms with E-state index in [0.717, 1.165) is 4.88 Å². The van der Waals surface area contributed by atoms with Gasteiger partial charge >= 0.3 is 0 Å². The molecular formula is C13H18N2O2S. The predicted molar refractivity (Wildman–Crippen MR) is 74.4 cm³/mol. The first-order valence-electron chi connectivity index (χ1n) is 5.79. The fourth-order valence-corrected chi connectivity index (χ4v) is 2.08. The van der Waals surface area contributed by atoms with Crippen LogP contribution in [0.4, 0.5) is 0 Å². The first-order valence-corrected chi connectivity index (χ1v) is 6.60. The van der Waals surface area contributed by atoms with Crippen molar-refractivity contribution in [1.82, 2.24) is 10.6 Å². The molecule has 0 aromatic carbocycles. The monoisotopic (exact) mass is 266 g/mol. The number of carbonyl (C=O) groups excluding carboxylic acids is 2. The highest BCUT2D eigenvalue weighted by Gasteiger charge is 2.04. The average molecular weight is 266 g/mol. The third-order valence-electron chi connectivity index (χ3n) is 2.03. The minimum Gasteiger partial charge on any atom is -0.352 e. The number of nitrogens with one attached hydrogen (secondary N) is 2. The van der Waals surface area contributed by atoms with Crippen LogP contribution < -0.4 is 10.6 Å². The quantitative estimate of drug-likeness (QED) is 0.797. The molecule has 5 heteroatoms. The second-order valence-corrected chi connectivity index (χ2v) is 5.54. The third kappa shape index (κ3) is 5.63. The molecule has 0 fully saturated rings. The van der Waals surface area contributed by atoms with Crippen molar-refractivity contribution >= 4 is 29.2 Å². The Kier molecular flexibility index (Phi) is 5.58. The van der Waals surface area contributed by atoms with Crippen LogP contribution in [0.2, 0.25) is 0 Å². The molecule has 0 spiro atoms. The molecule has 0 saturated carbocycles. The highest BCUT2D eigenvalue weighted by molar-refractivity contribution is 7.12. The van der Waals surface area contributed by atoms with Crippen molar-refractivity contribution in [1.29, 1.82) is 0 Å². The van der Waals surface area contributed by atoms with Gasteiger partial charge in [-0.2, -0.15) is 0 Å². The van der Waals surface area contributed by atoms with Gasteiger partial charge < -0.3 is 10.6 Å². The van der Waals surface area contributed by atoms with Crippen LogP contribution >= 0.6 is 11.3 Å². The average Bonchev–Trinajstić information content (AvgIpc) is 2.69. The summed E-state index contributed by atoms with van der Waals surface area (Å²) in [6.07, 6.45) is 3.18. The molecule has 0 atom stereocenters. The zero-order valence-corrected chi connectivity index (χ0v) is 11.6. The molecule has 1 aromatic rings. The largest absolute Gasteiger partial charge is 0.352 e. The fourth-order valence-electron chi connectivity index (χ4n) is 1.30. The molecule has 1 aromatic heterocycles. The third-order valence-corrected chi connectivity index (χ3v) is 3.00. The van der Waals surface area contributed by atoms with E-state index in [1.807, 2.05) is 32.9 Å². The molecule has 0 unspecified atom stereocenters. The summed E-state index contributed by atoms with van der Waals surface area (Å²) in [6.45, 7) is 5.76. The smallest absolute Gasteiger partial charge is 0.244 e. The van der Waals surface area contributed by atoms with Gasteiger partial charge in [-0.3, -0.25) is 9.59 Å². The lowest BCUT2D eigenvalue weighted by atomic mass is 10.3. The van der Waals surface area contributed by atoms with E-state index in [4.69, 9.17) is 0 Å². The SMILES string of the molecule is Cc1ccc(/C=C/C(=O)NCC(=O)NC(C)C)s1. The van der Waals surface area contributed by atoms with E-state index < -0.39 is 0 Å².